The lowest BCUT2D eigenvalue weighted by Crippen LogP contribution is -2.25. The van der Waals surface area contributed by atoms with Crippen molar-refractivity contribution in [2.24, 2.45) is 0 Å². The Morgan fingerprint density at radius 2 is 1.13 bits per heavy atom. The SMILES string of the molecule is C1=COCCC1.O=C1c2ccccc2C(=O)c2cc(O)ccc21.O=C1c2ccccc2C(=O)c2cc(OC3CCCCO3)ccc21. The molecule has 0 radical (unpaired) electrons. The molecule has 0 saturated carbocycles. The Kier molecular flexibility index (Phi) is 9.17. The van der Waals surface area contributed by atoms with Crippen molar-refractivity contribution in [3.05, 3.63) is 142 Å². The first-order valence-electron chi connectivity index (χ1n) is 15.3. The van der Waals surface area contributed by atoms with Crippen LogP contribution in [0.4, 0.5) is 0 Å². The van der Waals surface area contributed by atoms with Crippen molar-refractivity contribution < 1.29 is 38.5 Å². The molecule has 2 aliphatic carbocycles. The molecule has 8 nitrogen and oxygen atoms in total. The van der Waals surface area contributed by atoms with Crippen LogP contribution in [0.25, 0.3) is 0 Å². The number of hydrogen-bond acceptors (Lipinski definition) is 8. The molecule has 1 N–H and O–H groups in total. The average Bonchev–Trinajstić information content (AvgIpc) is 3.11. The molecule has 2 heterocycles. The normalized spacial score (nSPS) is 17.4. The minimum atomic E-state index is -0.275. The van der Waals surface area contributed by atoms with Crippen molar-refractivity contribution in [3.63, 3.8) is 0 Å². The van der Waals surface area contributed by atoms with Crippen LogP contribution in [-0.4, -0.2) is 47.7 Å². The van der Waals surface area contributed by atoms with Gasteiger partial charge in [-0.25, -0.2) is 0 Å². The van der Waals surface area contributed by atoms with Crippen molar-refractivity contribution >= 4 is 23.1 Å². The number of rotatable bonds is 2. The first kappa shape index (κ1) is 30.7. The van der Waals surface area contributed by atoms with Crippen LogP contribution in [0.2, 0.25) is 0 Å². The molecule has 0 bridgehead atoms. The fourth-order valence-corrected chi connectivity index (χ4v) is 5.68. The maximum absolute atomic E-state index is 12.7. The summed E-state index contributed by atoms with van der Waals surface area (Å²) in [6, 6.07) is 22.9. The monoisotopic (exact) mass is 616 g/mol. The zero-order valence-electron chi connectivity index (χ0n) is 25.1. The molecule has 2 aliphatic heterocycles. The standard InChI is InChI=1S/C19H16O4.C14H8O3.C5H8O/c20-18-13-5-1-2-6-14(13)19(21)16-11-12(8-9-15(16)18)23-17-7-3-4-10-22-17;15-8-5-6-11-12(7-8)14(17)10-4-2-1-3-9(10)13(11)16;1-2-4-6-5-3-1/h1-2,5-6,8-9,11,17H,3-4,7,10H2;1-7,15H;2,4H,1,3,5H2. The minimum Gasteiger partial charge on any atom is -0.508 e. The highest BCUT2D eigenvalue weighted by Gasteiger charge is 2.31. The molecule has 1 fully saturated rings. The van der Waals surface area contributed by atoms with E-state index in [1.54, 1.807) is 73.0 Å². The van der Waals surface area contributed by atoms with Crippen LogP contribution in [0.15, 0.2) is 97.3 Å². The van der Waals surface area contributed by atoms with E-state index < -0.39 is 0 Å². The lowest BCUT2D eigenvalue weighted by molar-refractivity contribution is -0.105. The van der Waals surface area contributed by atoms with Gasteiger partial charge in [-0.1, -0.05) is 48.5 Å². The van der Waals surface area contributed by atoms with Crippen LogP contribution in [0.3, 0.4) is 0 Å². The average molecular weight is 617 g/mol. The zero-order valence-corrected chi connectivity index (χ0v) is 25.1. The summed E-state index contributed by atoms with van der Waals surface area (Å²) >= 11 is 0. The fraction of sp³-hybridized carbons (Fsp3) is 0.211. The number of fused-ring (bicyclic) bond motifs is 4. The molecule has 4 aromatic rings. The Hall–Kier alpha value is -5.34. The number of phenolic OH excluding ortho intramolecular Hbond substituents is 1. The van der Waals surface area contributed by atoms with Crippen LogP contribution in [0, 0.1) is 0 Å². The number of ether oxygens (including phenoxy) is 3. The highest BCUT2D eigenvalue weighted by Crippen LogP contribution is 2.31. The van der Waals surface area contributed by atoms with Crippen LogP contribution in [-0.2, 0) is 9.47 Å². The third-order valence-corrected chi connectivity index (χ3v) is 8.04. The number of phenols is 1. The van der Waals surface area contributed by atoms with Gasteiger partial charge in [0.05, 0.1) is 19.5 Å². The highest BCUT2D eigenvalue weighted by molar-refractivity contribution is 6.29. The predicted molar refractivity (Wildman–Crippen MR) is 170 cm³/mol. The number of carbonyl (C=O) groups is 4. The van der Waals surface area contributed by atoms with Crippen molar-refractivity contribution in [1.29, 1.82) is 0 Å². The predicted octanol–water partition coefficient (Wildman–Crippen LogP) is 6.85. The molecule has 46 heavy (non-hydrogen) atoms. The third-order valence-electron chi connectivity index (χ3n) is 8.04. The summed E-state index contributed by atoms with van der Waals surface area (Å²) in [6.45, 7) is 1.61. The van der Waals surface area contributed by atoms with Gasteiger partial charge in [0.1, 0.15) is 11.5 Å². The maximum Gasteiger partial charge on any atom is 0.199 e. The summed E-state index contributed by atoms with van der Waals surface area (Å²) in [5.74, 6) is -0.0809. The molecule has 4 aliphatic rings. The molecular weight excluding hydrogens is 584 g/mol. The minimum absolute atomic E-state index is 0.00992. The summed E-state index contributed by atoms with van der Waals surface area (Å²) in [5.41, 5.74) is 3.21. The van der Waals surface area contributed by atoms with Gasteiger partial charge < -0.3 is 19.3 Å². The van der Waals surface area contributed by atoms with E-state index in [0.29, 0.717) is 51.3 Å². The number of benzene rings is 4. The van der Waals surface area contributed by atoms with Gasteiger partial charge >= 0.3 is 0 Å². The fourth-order valence-electron chi connectivity index (χ4n) is 5.68. The van der Waals surface area contributed by atoms with Crippen LogP contribution >= 0.6 is 0 Å². The zero-order chi connectivity index (χ0) is 32.0. The van der Waals surface area contributed by atoms with Crippen molar-refractivity contribution in [1.82, 2.24) is 0 Å². The summed E-state index contributed by atoms with van der Waals surface area (Å²) in [4.78, 5) is 49.5. The molecule has 1 saturated heterocycles. The summed E-state index contributed by atoms with van der Waals surface area (Å²) in [5, 5.41) is 9.38. The number of carbonyl (C=O) groups excluding carboxylic acids is 4. The number of hydrogen-bond donors (Lipinski definition) is 1. The molecule has 4 aromatic carbocycles. The second-order valence-corrected chi connectivity index (χ2v) is 11.1. The molecule has 0 amide bonds. The van der Waals surface area contributed by atoms with Crippen molar-refractivity contribution in [2.45, 2.75) is 38.4 Å². The smallest absolute Gasteiger partial charge is 0.199 e. The molecular formula is C38H32O8. The molecule has 8 rings (SSSR count). The van der Waals surface area contributed by atoms with E-state index in [9.17, 15) is 24.3 Å². The number of ketones is 4. The molecule has 232 valence electrons. The first-order chi connectivity index (χ1) is 22.4. The van der Waals surface area contributed by atoms with Crippen molar-refractivity contribution in [3.8, 4) is 11.5 Å². The van der Waals surface area contributed by atoms with E-state index >= 15 is 0 Å². The Morgan fingerprint density at radius 3 is 1.61 bits per heavy atom. The van der Waals surface area contributed by atoms with E-state index in [2.05, 4.69) is 0 Å². The molecule has 1 unspecified atom stereocenters. The van der Waals surface area contributed by atoms with Crippen LogP contribution in [0.1, 0.15) is 95.8 Å². The van der Waals surface area contributed by atoms with Gasteiger partial charge in [-0.05, 0) is 68.2 Å². The summed E-state index contributed by atoms with van der Waals surface area (Å²) in [6.07, 6.45) is 8.88. The van der Waals surface area contributed by atoms with Gasteiger partial charge in [-0.2, -0.15) is 0 Å². The first-order valence-corrected chi connectivity index (χ1v) is 15.3. The molecule has 1 atom stereocenters. The van der Waals surface area contributed by atoms with Gasteiger partial charge in [-0.3, -0.25) is 19.2 Å². The van der Waals surface area contributed by atoms with E-state index in [1.807, 2.05) is 6.08 Å². The molecule has 0 aromatic heterocycles. The van der Waals surface area contributed by atoms with Gasteiger partial charge in [-0.15, -0.1) is 0 Å². The lowest BCUT2D eigenvalue weighted by atomic mass is 9.84. The van der Waals surface area contributed by atoms with Crippen LogP contribution in [0.5, 0.6) is 11.5 Å². The van der Waals surface area contributed by atoms with Gasteiger partial charge in [0.2, 0.25) is 0 Å². The largest absolute Gasteiger partial charge is 0.508 e. The molecule has 0 spiro atoms. The second-order valence-electron chi connectivity index (χ2n) is 11.1. The van der Waals surface area contributed by atoms with Gasteiger partial charge in [0.15, 0.2) is 29.4 Å². The quantitative estimate of drug-likeness (QED) is 0.225. The van der Waals surface area contributed by atoms with E-state index in [4.69, 9.17) is 14.2 Å². The van der Waals surface area contributed by atoms with Crippen LogP contribution < -0.4 is 4.74 Å². The molecule has 8 heteroatoms. The second kappa shape index (κ2) is 13.7. The Bertz CT molecular complexity index is 1840. The van der Waals surface area contributed by atoms with E-state index in [0.717, 1.165) is 25.9 Å². The summed E-state index contributed by atoms with van der Waals surface area (Å²) < 4.78 is 16.3. The van der Waals surface area contributed by atoms with E-state index in [1.165, 1.54) is 31.0 Å². The van der Waals surface area contributed by atoms with Gasteiger partial charge in [0.25, 0.3) is 0 Å². The Balaban J connectivity index is 0.000000141. The highest BCUT2D eigenvalue weighted by atomic mass is 16.7. The Labute approximate surface area is 266 Å². The maximum atomic E-state index is 12.7. The van der Waals surface area contributed by atoms with E-state index in [-0.39, 0.29) is 40.7 Å². The van der Waals surface area contributed by atoms with Gasteiger partial charge in [0, 0.05) is 50.9 Å². The lowest BCUT2D eigenvalue weighted by Gasteiger charge is -2.24. The third kappa shape index (κ3) is 6.39. The topological polar surface area (TPSA) is 116 Å². The Morgan fingerprint density at radius 1 is 0.587 bits per heavy atom. The summed E-state index contributed by atoms with van der Waals surface area (Å²) in [7, 11) is 0. The van der Waals surface area contributed by atoms with Crippen molar-refractivity contribution in [2.75, 3.05) is 13.2 Å². The number of aromatic hydroxyl groups is 1. The number of allylic oxidation sites excluding steroid dienone is 1.